The van der Waals surface area contributed by atoms with Crippen molar-refractivity contribution in [3.05, 3.63) is 28.8 Å². The molecule has 1 aromatic carbocycles. The van der Waals surface area contributed by atoms with Gasteiger partial charge in [0.2, 0.25) is 10.0 Å². The molecule has 1 aromatic rings. The quantitative estimate of drug-likeness (QED) is 0.926. The van der Waals surface area contributed by atoms with Crippen LogP contribution in [0.4, 0.5) is 5.69 Å². The number of hydrogen-bond acceptors (Lipinski definition) is 3. The van der Waals surface area contributed by atoms with Gasteiger partial charge in [-0.3, -0.25) is 4.72 Å². The molecule has 1 N–H and O–H groups in total. The Bertz CT molecular complexity index is 598. The Morgan fingerprint density at radius 2 is 2.00 bits per heavy atom. The van der Waals surface area contributed by atoms with Gasteiger partial charge in [0.05, 0.1) is 28.1 Å². The summed E-state index contributed by atoms with van der Waals surface area (Å²) < 4.78 is 26.3. The van der Waals surface area contributed by atoms with Gasteiger partial charge in [-0.2, -0.15) is 5.26 Å². The maximum absolute atomic E-state index is 11.9. The molecule has 0 heterocycles. The van der Waals surface area contributed by atoms with Crippen molar-refractivity contribution in [2.75, 3.05) is 10.5 Å². The predicted octanol–water partition coefficient (Wildman–Crippen LogP) is 3.39. The molecule has 0 aromatic heterocycles. The van der Waals surface area contributed by atoms with Crippen molar-refractivity contribution in [1.29, 1.82) is 5.26 Å². The number of benzene rings is 1. The molecule has 6 heteroatoms. The number of nitriles is 1. The Hall–Kier alpha value is -1.25. The van der Waals surface area contributed by atoms with Gasteiger partial charge >= 0.3 is 0 Å². The second-order valence-electron chi connectivity index (χ2n) is 5.54. The lowest BCUT2D eigenvalue weighted by molar-refractivity contribution is 0.397. The summed E-state index contributed by atoms with van der Waals surface area (Å²) in [6.07, 6.45) is 0.540. The summed E-state index contributed by atoms with van der Waals surface area (Å²) >= 11 is 5.91. The van der Waals surface area contributed by atoms with E-state index in [2.05, 4.69) is 4.72 Å². The molecule has 0 atom stereocenters. The van der Waals surface area contributed by atoms with Crippen molar-refractivity contribution >= 4 is 27.3 Å². The van der Waals surface area contributed by atoms with Crippen molar-refractivity contribution < 1.29 is 8.42 Å². The summed E-state index contributed by atoms with van der Waals surface area (Å²) in [6.45, 7) is 5.93. The van der Waals surface area contributed by atoms with Crippen molar-refractivity contribution in [3.63, 3.8) is 0 Å². The predicted molar refractivity (Wildman–Crippen MR) is 77.6 cm³/mol. The molecule has 0 radical (unpaired) electrons. The number of halogens is 1. The molecular formula is C13H17ClN2O2S. The van der Waals surface area contributed by atoms with Gasteiger partial charge in [-0.05, 0) is 30.0 Å². The molecule has 4 nitrogen and oxygen atoms in total. The van der Waals surface area contributed by atoms with Crippen LogP contribution in [0.2, 0.25) is 5.02 Å². The summed E-state index contributed by atoms with van der Waals surface area (Å²) in [7, 11) is -3.46. The highest BCUT2D eigenvalue weighted by molar-refractivity contribution is 7.92. The van der Waals surface area contributed by atoms with E-state index in [1.54, 1.807) is 0 Å². The van der Waals surface area contributed by atoms with Crippen molar-refractivity contribution in [1.82, 2.24) is 0 Å². The molecule has 0 aliphatic carbocycles. The van der Waals surface area contributed by atoms with Gasteiger partial charge in [0, 0.05) is 0 Å². The molecule has 0 fully saturated rings. The number of sulfonamides is 1. The van der Waals surface area contributed by atoms with Gasteiger partial charge in [0.15, 0.2) is 0 Å². The number of rotatable bonds is 4. The third-order valence-corrected chi connectivity index (χ3v) is 4.08. The van der Waals surface area contributed by atoms with E-state index in [0.29, 0.717) is 12.0 Å². The Balaban J connectivity index is 2.87. The number of nitrogens with zero attached hydrogens (tertiary/aromatic N) is 1. The second-order valence-corrected chi connectivity index (χ2v) is 7.79. The van der Waals surface area contributed by atoms with Crippen LogP contribution in [-0.2, 0) is 10.0 Å². The zero-order valence-corrected chi connectivity index (χ0v) is 12.8. The monoisotopic (exact) mass is 300 g/mol. The van der Waals surface area contributed by atoms with E-state index in [1.165, 1.54) is 18.2 Å². The zero-order chi connectivity index (χ0) is 14.7. The summed E-state index contributed by atoms with van der Waals surface area (Å²) in [5, 5.41) is 9.07. The first-order chi connectivity index (χ1) is 8.63. The molecule has 0 aliphatic heterocycles. The normalized spacial score (nSPS) is 11.9. The minimum Gasteiger partial charge on any atom is -0.282 e. The van der Waals surface area contributed by atoms with Gasteiger partial charge in [0.25, 0.3) is 0 Å². The number of nitrogens with one attached hydrogen (secondary N) is 1. The number of hydrogen-bond donors (Lipinski definition) is 1. The highest BCUT2D eigenvalue weighted by atomic mass is 35.5. The fourth-order valence-electron chi connectivity index (χ4n) is 1.33. The molecule has 19 heavy (non-hydrogen) atoms. The van der Waals surface area contributed by atoms with E-state index in [1.807, 2.05) is 26.8 Å². The lowest BCUT2D eigenvalue weighted by Gasteiger charge is -2.18. The highest BCUT2D eigenvalue weighted by Gasteiger charge is 2.18. The minimum atomic E-state index is -3.46. The molecule has 104 valence electrons. The van der Waals surface area contributed by atoms with Gasteiger partial charge in [-0.15, -0.1) is 0 Å². The van der Waals surface area contributed by atoms with Crippen LogP contribution in [0.1, 0.15) is 32.8 Å². The summed E-state index contributed by atoms with van der Waals surface area (Å²) in [6, 6.07) is 6.41. The maximum Gasteiger partial charge on any atom is 0.232 e. The fourth-order valence-corrected chi connectivity index (χ4v) is 3.04. The number of anilines is 1. The van der Waals surface area contributed by atoms with Crippen LogP contribution in [0, 0.1) is 16.7 Å². The summed E-state index contributed by atoms with van der Waals surface area (Å²) in [5.74, 6) is 0.0175. The van der Waals surface area contributed by atoms with Crippen LogP contribution >= 0.6 is 11.6 Å². The van der Waals surface area contributed by atoms with Crippen LogP contribution in [0.15, 0.2) is 18.2 Å². The lowest BCUT2D eigenvalue weighted by atomic mass is 9.94. The summed E-state index contributed by atoms with van der Waals surface area (Å²) in [5.41, 5.74) is 0.542. The van der Waals surface area contributed by atoms with Crippen molar-refractivity contribution in [2.45, 2.75) is 27.2 Å². The fraction of sp³-hybridized carbons (Fsp3) is 0.462. The lowest BCUT2D eigenvalue weighted by Crippen LogP contribution is -2.21. The Kier molecular flexibility index (Phi) is 4.83. The van der Waals surface area contributed by atoms with E-state index in [4.69, 9.17) is 16.9 Å². The SMILES string of the molecule is CC(C)(C)CCS(=O)(=O)Nc1cc(C#N)ccc1Cl. The topological polar surface area (TPSA) is 70.0 Å². The van der Waals surface area contributed by atoms with Crippen LogP contribution in [0.3, 0.4) is 0 Å². The third-order valence-electron chi connectivity index (χ3n) is 2.48. The largest absolute Gasteiger partial charge is 0.282 e. The van der Waals surface area contributed by atoms with Gasteiger partial charge in [-0.25, -0.2) is 8.42 Å². The first-order valence-corrected chi connectivity index (χ1v) is 7.86. The molecule has 0 spiro atoms. The van der Waals surface area contributed by atoms with E-state index in [0.717, 1.165) is 0 Å². The van der Waals surface area contributed by atoms with Crippen LogP contribution in [-0.4, -0.2) is 14.2 Å². The molecule has 0 bridgehead atoms. The Morgan fingerprint density at radius 1 is 1.37 bits per heavy atom. The molecule has 1 rings (SSSR count). The Morgan fingerprint density at radius 3 is 2.53 bits per heavy atom. The van der Waals surface area contributed by atoms with Crippen LogP contribution < -0.4 is 4.72 Å². The van der Waals surface area contributed by atoms with Crippen LogP contribution in [0.25, 0.3) is 0 Å². The molecule has 0 unspecified atom stereocenters. The minimum absolute atomic E-state index is 0.0175. The van der Waals surface area contributed by atoms with Crippen molar-refractivity contribution in [2.24, 2.45) is 5.41 Å². The van der Waals surface area contributed by atoms with Crippen molar-refractivity contribution in [3.8, 4) is 6.07 Å². The smallest absolute Gasteiger partial charge is 0.232 e. The van der Waals surface area contributed by atoms with Crippen LogP contribution in [0.5, 0.6) is 0 Å². The molecule has 0 saturated heterocycles. The Labute approximate surface area is 119 Å². The van der Waals surface area contributed by atoms with Gasteiger partial charge in [-0.1, -0.05) is 32.4 Å². The van der Waals surface area contributed by atoms with E-state index < -0.39 is 10.0 Å². The first kappa shape index (κ1) is 15.8. The average molecular weight is 301 g/mol. The first-order valence-electron chi connectivity index (χ1n) is 5.83. The second kappa shape index (κ2) is 5.81. The molecule has 0 saturated carbocycles. The molecule has 0 amide bonds. The van der Waals surface area contributed by atoms with Gasteiger partial charge < -0.3 is 0 Å². The standard InChI is InChI=1S/C13H17ClN2O2S/c1-13(2,3)6-7-19(17,18)16-12-8-10(9-15)4-5-11(12)14/h4-5,8,16H,6-7H2,1-3H3. The van der Waals surface area contributed by atoms with E-state index in [-0.39, 0.29) is 21.9 Å². The maximum atomic E-state index is 11.9. The average Bonchev–Trinajstić information content (AvgIpc) is 2.29. The zero-order valence-electron chi connectivity index (χ0n) is 11.2. The summed E-state index contributed by atoms with van der Waals surface area (Å²) in [4.78, 5) is 0. The third kappa shape index (κ3) is 5.50. The highest BCUT2D eigenvalue weighted by Crippen LogP contribution is 2.25. The van der Waals surface area contributed by atoms with E-state index in [9.17, 15) is 8.42 Å². The van der Waals surface area contributed by atoms with Gasteiger partial charge in [0.1, 0.15) is 0 Å². The van der Waals surface area contributed by atoms with E-state index >= 15 is 0 Å². The molecule has 0 aliphatic rings. The molecular weight excluding hydrogens is 284 g/mol.